The lowest BCUT2D eigenvalue weighted by atomic mass is 10.1. The normalized spacial score (nSPS) is 15.7. The van der Waals surface area contributed by atoms with E-state index in [4.69, 9.17) is 21.1 Å². The molecule has 0 saturated carbocycles. The fourth-order valence-electron chi connectivity index (χ4n) is 1.06. The average molecular weight is 248 g/mol. The van der Waals surface area contributed by atoms with Gasteiger partial charge in [0.15, 0.2) is 6.04 Å². The van der Waals surface area contributed by atoms with E-state index < -0.39 is 36.0 Å². The van der Waals surface area contributed by atoms with E-state index in [0.29, 0.717) is 0 Å². The van der Waals surface area contributed by atoms with Gasteiger partial charge in [-0.15, -0.1) is 0 Å². The Hall–Kier alpha value is -1.67. The second-order valence-electron chi connectivity index (χ2n) is 3.60. The zero-order valence-electron chi connectivity index (χ0n) is 9.29. The van der Waals surface area contributed by atoms with Gasteiger partial charge in [-0.3, -0.25) is 9.59 Å². The van der Waals surface area contributed by atoms with Gasteiger partial charge in [0.1, 0.15) is 0 Å². The first-order chi connectivity index (χ1) is 7.75. The molecule has 0 aromatic heterocycles. The Kier molecular flexibility index (Phi) is 6.15. The largest absolute Gasteiger partial charge is 0.481 e. The highest BCUT2D eigenvalue weighted by atomic mass is 16.4. The smallest absolute Gasteiger partial charge is 0.328 e. The first kappa shape index (κ1) is 15.3. The molecule has 0 saturated heterocycles. The Labute approximate surface area is 97.4 Å². The van der Waals surface area contributed by atoms with Crippen molar-refractivity contribution in [2.75, 3.05) is 0 Å². The zero-order valence-corrected chi connectivity index (χ0v) is 9.29. The highest BCUT2D eigenvalue weighted by Gasteiger charge is 2.27. The monoisotopic (exact) mass is 248 g/mol. The van der Waals surface area contributed by atoms with Crippen LogP contribution in [-0.4, -0.2) is 51.4 Å². The molecule has 8 nitrogen and oxygen atoms in total. The summed E-state index contributed by atoms with van der Waals surface area (Å²) in [6.45, 7) is 1.21. The second-order valence-corrected chi connectivity index (χ2v) is 3.60. The van der Waals surface area contributed by atoms with Gasteiger partial charge in [-0.05, 0) is 13.3 Å². The molecule has 1 unspecified atom stereocenters. The summed E-state index contributed by atoms with van der Waals surface area (Å²) in [5.41, 5.74) is 5.36. The highest BCUT2D eigenvalue weighted by Crippen LogP contribution is 1.98. The first-order valence-electron chi connectivity index (χ1n) is 4.94. The third-order valence-corrected chi connectivity index (χ3v) is 2.05. The number of nitrogens with one attached hydrogen (secondary N) is 1. The van der Waals surface area contributed by atoms with Crippen molar-refractivity contribution in [1.29, 1.82) is 0 Å². The number of hydrogen-bond acceptors (Lipinski definition) is 5. The van der Waals surface area contributed by atoms with Crippen molar-refractivity contribution >= 4 is 17.8 Å². The maximum absolute atomic E-state index is 11.4. The molecule has 0 aliphatic heterocycles. The number of aliphatic hydroxyl groups is 1. The fraction of sp³-hybridized carbons (Fsp3) is 0.667. The summed E-state index contributed by atoms with van der Waals surface area (Å²) < 4.78 is 0. The van der Waals surface area contributed by atoms with Crippen LogP contribution in [0.2, 0.25) is 0 Å². The van der Waals surface area contributed by atoms with Crippen LogP contribution in [0.3, 0.4) is 0 Å². The molecule has 0 heterocycles. The van der Waals surface area contributed by atoms with Crippen LogP contribution in [0.25, 0.3) is 0 Å². The topological polar surface area (TPSA) is 150 Å². The van der Waals surface area contributed by atoms with Gasteiger partial charge in [-0.2, -0.15) is 0 Å². The minimum absolute atomic E-state index is 0.104. The minimum atomic E-state index is -1.46. The molecule has 0 radical (unpaired) electrons. The number of aliphatic carboxylic acids is 2. The summed E-state index contributed by atoms with van der Waals surface area (Å²) in [6, 6.07) is -2.58. The summed E-state index contributed by atoms with van der Waals surface area (Å²) in [6.07, 6.45) is -1.67. The minimum Gasteiger partial charge on any atom is -0.481 e. The molecule has 0 aromatic rings. The van der Waals surface area contributed by atoms with E-state index in [1.165, 1.54) is 6.92 Å². The molecule has 6 N–H and O–H groups in total. The SMILES string of the molecule is C[C@@H](O)C(NC(=O)[C@@H](N)CCC(=O)O)C(=O)O. The quantitative estimate of drug-likeness (QED) is 0.354. The van der Waals surface area contributed by atoms with Gasteiger partial charge in [0.05, 0.1) is 12.1 Å². The molecule has 0 fully saturated rings. The third kappa shape index (κ3) is 5.83. The molecule has 0 aromatic carbocycles. The molecule has 17 heavy (non-hydrogen) atoms. The van der Waals surface area contributed by atoms with Crippen molar-refractivity contribution in [2.24, 2.45) is 5.73 Å². The average Bonchev–Trinajstić information content (AvgIpc) is 2.20. The standard InChI is InChI=1S/C9H16N2O6/c1-4(12)7(9(16)17)11-8(15)5(10)2-3-6(13)14/h4-5,7,12H,2-3,10H2,1H3,(H,11,15)(H,13,14)(H,16,17)/t4-,5+,7?/m1/s1. The van der Waals surface area contributed by atoms with Crippen LogP contribution in [-0.2, 0) is 14.4 Å². The Bertz CT molecular complexity index is 304. The van der Waals surface area contributed by atoms with Crippen molar-refractivity contribution in [1.82, 2.24) is 5.32 Å². The van der Waals surface area contributed by atoms with E-state index in [9.17, 15) is 14.4 Å². The van der Waals surface area contributed by atoms with Gasteiger partial charge >= 0.3 is 11.9 Å². The van der Waals surface area contributed by atoms with Crippen molar-refractivity contribution in [3.63, 3.8) is 0 Å². The maximum Gasteiger partial charge on any atom is 0.328 e. The Morgan fingerprint density at radius 2 is 1.82 bits per heavy atom. The van der Waals surface area contributed by atoms with E-state index >= 15 is 0 Å². The number of carboxylic acids is 2. The zero-order chi connectivity index (χ0) is 13.6. The summed E-state index contributed by atoms with van der Waals surface area (Å²) >= 11 is 0. The first-order valence-corrected chi connectivity index (χ1v) is 4.94. The number of rotatable bonds is 7. The number of carbonyl (C=O) groups excluding carboxylic acids is 1. The second kappa shape index (κ2) is 6.81. The van der Waals surface area contributed by atoms with Gasteiger partial charge in [-0.25, -0.2) is 4.79 Å². The maximum atomic E-state index is 11.4. The highest BCUT2D eigenvalue weighted by molar-refractivity contribution is 5.87. The van der Waals surface area contributed by atoms with Crippen molar-refractivity contribution in [3.05, 3.63) is 0 Å². The summed E-state index contributed by atoms with van der Waals surface area (Å²) in [5.74, 6) is -3.29. The van der Waals surface area contributed by atoms with Gasteiger partial charge in [-0.1, -0.05) is 0 Å². The number of hydrogen-bond donors (Lipinski definition) is 5. The van der Waals surface area contributed by atoms with Crippen molar-refractivity contribution < 1.29 is 29.7 Å². The number of aliphatic hydroxyl groups excluding tert-OH is 1. The molecule has 3 atom stereocenters. The van der Waals surface area contributed by atoms with Crippen LogP contribution in [0.15, 0.2) is 0 Å². The summed E-state index contributed by atoms with van der Waals surface area (Å²) in [5, 5.41) is 28.2. The van der Waals surface area contributed by atoms with Crippen molar-refractivity contribution in [2.45, 2.75) is 38.0 Å². The number of carboxylic acid groups (broad SMARTS) is 2. The Balaban J connectivity index is 4.31. The Morgan fingerprint density at radius 1 is 1.29 bits per heavy atom. The van der Waals surface area contributed by atoms with Gasteiger partial charge in [0.2, 0.25) is 5.91 Å². The van der Waals surface area contributed by atoms with E-state index in [-0.39, 0.29) is 12.8 Å². The fourth-order valence-corrected chi connectivity index (χ4v) is 1.06. The van der Waals surface area contributed by atoms with Crippen LogP contribution < -0.4 is 11.1 Å². The summed E-state index contributed by atoms with van der Waals surface area (Å²) in [4.78, 5) is 32.3. The molecule has 0 spiro atoms. The molecule has 0 rings (SSSR count). The third-order valence-electron chi connectivity index (χ3n) is 2.05. The predicted octanol–water partition coefficient (Wildman–Crippen LogP) is -1.87. The number of carbonyl (C=O) groups is 3. The summed E-state index contributed by atoms with van der Waals surface area (Å²) in [7, 11) is 0. The van der Waals surface area contributed by atoms with Crippen LogP contribution >= 0.6 is 0 Å². The van der Waals surface area contributed by atoms with Crippen molar-refractivity contribution in [3.8, 4) is 0 Å². The number of amides is 1. The molecular weight excluding hydrogens is 232 g/mol. The van der Waals surface area contributed by atoms with E-state index in [2.05, 4.69) is 0 Å². The van der Waals surface area contributed by atoms with Crippen LogP contribution in [0.1, 0.15) is 19.8 Å². The van der Waals surface area contributed by atoms with E-state index in [1.54, 1.807) is 0 Å². The Morgan fingerprint density at radius 3 is 2.18 bits per heavy atom. The molecule has 0 aliphatic carbocycles. The molecule has 98 valence electrons. The van der Waals surface area contributed by atoms with Crippen LogP contribution in [0.4, 0.5) is 0 Å². The lowest BCUT2D eigenvalue weighted by Gasteiger charge is -2.19. The van der Waals surface area contributed by atoms with Gasteiger partial charge in [0, 0.05) is 6.42 Å². The lowest BCUT2D eigenvalue weighted by Crippen LogP contribution is -2.52. The molecule has 0 bridgehead atoms. The molecule has 1 amide bonds. The van der Waals surface area contributed by atoms with Crippen LogP contribution in [0.5, 0.6) is 0 Å². The molecule has 0 aliphatic rings. The lowest BCUT2D eigenvalue weighted by molar-refractivity contribution is -0.145. The predicted molar refractivity (Wildman–Crippen MR) is 56.1 cm³/mol. The van der Waals surface area contributed by atoms with E-state index in [1.807, 2.05) is 5.32 Å². The number of nitrogens with two attached hydrogens (primary N) is 1. The van der Waals surface area contributed by atoms with Gasteiger partial charge < -0.3 is 26.4 Å². The molecular formula is C9H16N2O6. The van der Waals surface area contributed by atoms with E-state index in [0.717, 1.165) is 0 Å². The molecule has 8 heteroatoms. The van der Waals surface area contributed by atoms with Crippen LogP contribution in [0, 0.1) is 0 Å². The van der Waals surface area contributed by atoms with Gasteiger partial charge in [0.25, 0.3) is 0 Å².